The van der Waals surface area contributed by atoms with Crippen molar-refractivity contribution in [1.82, 2.24) is 0 Å². The van der Waals surface area contributed by atoms with E-state index in [4.69, 9.17) is 0 Å². The van der Waals surface area contributed by atoms with Crippen LogP contribution in [0.5, 0.6) is 0 Å². The molecular weight excluding hydrogens is 1170 g/mol. The zero-order valence-corrected chi connectivity index (χ0v) is 56.0. The molecule has 0 aliphatic heterocycles. The van der Waals surface area contributed by atoms with Crippen LogP contribution in [0.15, 0.2) is 411 Å². The zero-order valence-electron chi connectivity index (χ0n) is 56.0. The van der Waals surface area contributed by atoms with Gasteiger partial charge in [0.25, 0.3) is 0 Å². The summed E-state index contributed by atoms with van der Waals surface area (Å²) in [6.45, 7) is 67.2. The highest BCUT2D eigenvalue weighted by Crippen LogP contribution is 2.56. The Morgan fingerprint density at radius 3 is 0.755 bits per heavy atom. The molecule has 0 atom stereocenters. The van der Waals surface area contributed by atoms with E-state index in [0.717, 1.165) is 11.6 Å². The lowest BCUT2D eigenvalue weighted by Gasteiger charge is -2.33. The number of hydrogen-bond acceptors (Lipinski definition) is 0. The highest BCUT2D eigenvalue weighted by molar-refractivity contribution is 5.86. The number of rotatable bonds is 5. The summed E-state index contributed by atoms with van der Waals surface area (Å²) < 4.78 is 79.0. The summed E-state index contributed by atoms with van der Waals surface area (Å²) in [5.74, 6) is 0. The Labute approximate surface area is 562 Å². The van der Waals surface area contributed by atoms with E-state index in [1.54, 1.807) is 54.6 Å². The molecule has 0 unspecified atom stereocenters. The highest BCUT2D eigenvalue weighted by atomic mass is 19.4. The van der Waals surface area contributed by atoms with Gasteiger partial charge >= 0.3 is 12.4 Å². The van der Waals surface area contributed by atoms with Crippen LogP contribution in [0.1, 0.15) is 62.6 Å². The van der Waals surface area contributed by atoms with Gasteiger partial charge in [0.2, 0.25) is 0 Å². The van der Waals surface area contributed by atoms with E-state index in [1.165, 1.54) is 87.8 Å². The van der Waals surface area contributed by atoms with Crippen LogP contribution >= 0.6 is 0 Å². The van der Waals surface area contributed by atoms with Crippen LogP contribution in [0.2, 0.25) is 0 Å². The van der Waals surface area contributed by atoms with Gasteiger partial charge in [-0.1, -0.05) is 284 Å². The molecule has 1 aliphatic carbocycles. The average molecular weight is 1270 g/mol. The number of aryl methyl sites for hydroxylation is 3. The van der Waals surface area contributed by atoms with Crippen molar-refractivity contribution in [2.24, 2.45) is 0 Å². The maximum absolute atomic E-state index is 13.5. The van der Waals surface area contributed by atoms with Crippen molar-refractivity contribution < 1.29 is 26.3 Å². The Hall–Kier alpha value is -10.8. The lowest BCUT2D eigenvalue weighted by Crippen LogP contribution is -2.40. The molecule has 0 N–H and O–H groups in total. The second kappa shape index (κ2) is 52.9. The Morgan fingerprint density at radius 2 is 0.489 bits per heavy atom. The molecule has 0 aromatic heterocycles. The van der Waals surface area contributed by atoms with E-state index in [9.17, 15) is 26.3 Å². The summed E-state index contributed by atoms with van der Waals surface area (Å²) in [6, 6.07) is 88.7. The van der Waals surface area contributed by atoms with E-state index >= 15 is 0 Å². The van der Waals surface area contributed by atoms with E-state index in [2.05, 4.69) is 279 Å². The SMILES string of the molecule is C=C.C=C.C=C.C=C.C=C.C=C.C=C.C=C.C=C.C=C.CC(c1ccccc1)(c1ccccc1)C(F)(F)F.Cc1ccccc1.Cc1ccccc1.Cc1ccccc1-c1ccccc1C(F)(F)F.c1ccc(C2(c3ccccc3)c3ccccc3-c3ccccc32)cc1. The van der Waals surface area contributed by atoms with Gasteiger partial charge in [-0.15, -0.1) is 132 Å². The molecule has 0 saturated carbocycles. The van der Waals surface area contributed by atoms with Crippen molar-refractivity contribution in [2.45, 2.75) is 50.9 Å². The van der Waals surface area contributed by atoms with Gasteiger partial charge in [-0.3, -0.25) is 0 Å². The molecule has 94 heavy (non-hydrogen) atoms. The monoisotopic (exact) mass is 1270 g/mol. The molecule has 6 heteroatoms. The summed E-state index contributed by atoms with van der Waals surface area (Å²) in [4.78, 5) is 0. The smallest absolute Gasteiger partial charge is 0.170 e. The molecule has 0 heterocycles. The molecule has 11 rings (SSSR count). The van der Waals surface area contributed by atoms with Crippen LogP contribution in [-0.2, 0) is 17.0 Å². The van der Waals surface area contributed by atoms with Gasteiger partial charge < -0.3 is 0 Å². The van der Waals surface area contributed by atoms with Crippen molar-refractivity contribution in [3.8, 4) is 22.3 Å². The van der Waals surface area contributed by atoms with Crippen LogP contribution in [0, 0.1) is 20.8 Å². The van der Waals surface area contributed by atoms with Gasteiger partial charge in [0, 0.05) is 0 Å². The van der Waals surface area contributed by atoms with E-state index in [-0.39, 0.29) is 22.1 Å². The molecule has 10 aromatic rings. The topological polar surface area (TPSA) is 0 Å². The van der Waals surface area contributed by atoms with Crippen LogP contribution < -0.4 is 0 Å². The minimum atomic E-state index is -4.34. The quantitative estimate of drug-likeness (QED) is 0.119. The number of hydrogen-bond donors (Lipinski definition) is 0. The normalized spacial score (nSPS) is 9.89. The summed E-state index contributed by atoms with van der Waals surface area (Å²) >= 11 is 0. The maximum atomic E-state index is 13.5. The summed E-state index contributed by atoms with van der Waals surface area (Å²) in [5.41, 5.74) is 10.1. The van der Waals surface area contributed by atoms with Crippen molar-refractivity contribution in [1.29, 1.82) is 0 Å². The van der Waals surface area contributed by atoms with E-state index in [1.807, 2.05) is 55.5 Å². The van der Waals surface area contributed by atoms with Crippen molar-refractivity contribution in [3.05, 3.63) is 466 Å². The lowest BCUT2D eigenvalue weighted by atomic mass is 9.68. The first-order chi connectivity index (χ1) is 45.7. The zero-order chi connectivity index (χ0) is 72.6. The molecule has 0 radical (unpaired) electrons. The Balaban J connectivity index is -0.000000528. The maximum Gasteiger partial charge on any atom is 0.417 e. The van der Waals surface area contributed by atoms with E-state index in [0.29, 0.717) is 5.56 Å². The second-order valence-corrected chi connectivity index (χ2v) is 18.1. The molecule has 0 spiro atoms. The van der Waals surface area contributed by atoms with Crippen LogP contribution in [0.4, 0.5) is 26.3 Å². The van der Waals surface area contributed by atoms with Crippen LogP contribution in [-0.4, -0.2) is 6.18 Å². The van der Waals surface area contributed by atoms with Crippen LogP contribution in [0.25, 0.3) is 22.3 Å². The van der Waals surface area contributed by atoms with Crippen molar-refractivity contribution in [2.75, 3.05) is 0 Å². The molecular formula is C88H98F6. The van der Waals surface area contributed by atoms with Gasteiger partial charge in [0.05, 0.1) is 11.0 Å². The summed E-state index contributed by atoms with van der Waals surface area (Å²) in [7, 11) is 0. The minimum absolute atomic E-state index is 0.234. The van der Waals surface area contributed by atoms with Gasteiger partial charge in [-0.25, -0.2) is 0 Å². The number of fused-ring (bicyclic) bond motifs is 3. The molecule has 492 valence electrons. The molecule has 0 nitrogen and oxygen atoms in total. The number of halogens is 6. The van der Waals surface area contributed by atoms with Crippen molar-refractivity contribution in [3.63, 3.8) is 0 Å². The Kier molecular flexibility index (Phi) is 50.4. The fraction of sp³-hybridized carbons (Fsp3) is 0.0909. The minimum Gasteiger partial charge on any atom is -0.170 e. The third kappa shape index (κ3) is 26.6. The van der Waals surface area contributed by atoms with Crippen LogP contribution in [0.3, 0.4) is 0 Å². The third-order valence-corrected chi connectivity index (χ3v) is 13.2. The predicted molar refractivity (Wildman–Crippen MR) is 406 cm³/mol. The largest absolute Gasteiger partial charge is 0.417 e. The second-order valence-electron chi connectivity index (χ2n) is 18.1. The fourth-order valence-electron chi connectivity index (χ4n) is 9.35. The van der Waals surface area contributed by atoms with Gasteiger partial charge in [0.15, 0.2) is 0 Å². The van der Waals surface area contributed by atoms with Gasteiger partial charge in [-0.2, -0.15) is 26.3 Å². The Morgan fingerprint density at radius 1 is 0.255 bits per heavy atom. The molecule has 10 aromatic carbocycles. The Bertz CT molecular complexity index is 3250. The molecule has 0 saturated heterocycles. The first-order valence-corrected chi connectivity index (χ1v) is 29.4. The molecule has 1 aliphatic rings. The first-order valence-electron chi connectivity index (χ1n) is 29.4. The summed E-state index contributed by atoms with van der Waals surface area (Å²) in [5, 5.41) is 0. The average Bonchev–Trinajstić information content (AvgIpc) is 1.53. The number of benzene rings is 10. The standard InChI is InChI=1S/C25H18.C15H13F3.C14H11F3.2C7H8.10C2H4/c1-3-11-19(12-4-1)25(20-13-5-2-6-14-20)23-17-9-7-15-21(23)22-16-8-10-18-24(22)25;1-14(15(16,17)18,12-8-4-2-5-9-12)13-10-6-3-7-11-13;1-10-6-2-3-7-11(10)12-8-4-5-9-13(12)14(15,16)17;2*1-7-5-3-2-4-6-7;10*1-2/h1-18H;2-11H,1H3;2-9H,1H3;2*2-6H,1H3;10*1-2H2. The van der Waals surface area contributed by atoms with E-state index < -0.39 is 23.3 Å². The van der Waals surface area contributed by atoms with Gasteiger partial charge in [0.1, 0.15) is 5.41 Å². The third-order valence-electron chi connectivity index (χ3n) is 13.2. The highest BCUT2D eigenvalue weighted by Gasteiger charge is 2.53. The lowest BCUT2D eigenvalue weighted by molar-refractivity contribution is -0.173. The molecule has 0 bridgehead atoms. The first kappa shape index (κ1) is 89.6. The van der Waals surface area contributed by atoms with Crippen molar-refractivity contribution >= 4 is 0 Å². The molecule has 0 fully saturated rings. The number of alkyl halides is 6. The molecule has 0 amide bonds. The predicted octanol–water partition coefficient (Wildman–Crippen LogP) is 27.3. The summed E-state index contributed by atoms with van der Waals surface area (Å²) in [6.07, 6.45) is -8.66. The van der Waals surface area contributed by atoms with Gasteiger partial charge in [-0.05, 0) is 95.0 Å². The fourth-order valence-corrected chi connectivity index (χ4v) is 9.35.